The zero-order valence-corrected chi connectivity index (χ0v) is 15.3. The molecule has 3 aromatic rings. The lowest BCUT2D eigenvalue weighted by molar-refractivity contribution is 0.0984. The molecule has 0 saturated carbocycles. The van der Waals surface area contributed by atoms with Gasteiger partial charge in [-0.05, 0) is 13.0 Å². The highest BCUT2D eigenvalue weighted by atomic mass is 16.5. The van der Waals surface area contributed by atoms with Gasteiger partial charge in [-0.25, -0.2) is 9.50 Å². The van der Waals surface area contributed by atoms with Gasteiger partial charge in [0.15, 0.2) is 11.5 Å². The number of ether oxygens (including phenoxy) is 2. The smallest absolute Gasteiger partial charge is 0.178 e. The van der Waals surface area contributed by atoms with Crippen molar-refractivity contribution in [2.24, 2.45) is 0 Å². The first-order valence-electron chi connectivity index (χ1n) is 9.37. The summed E-state index contributed by atoms with van der Waals surface area (Å²) in [4.78, 5) is 9.32. The zero-order valence-electron chi connectivity index (χ0n) is 15.3. The number of hydrogen-bond acceptors (Lipinski definition) is 7. The van der Waals surface area contributed by atoms with E-state index in [0.717, 1.165) is 61.4 Å². The quantitative estimate of drug-likeness (QED) is 0.742. The van der Waals surface area contributed by atoms with Crippen LogP contribution in [0.4, 0.5) is 11.5 Å². The molecule has 2 aliphatic heterocycles. The Morgan fingerprint density at radius 1 is 1.15 bits per heavy atom. The average Bonchev–Trinajstić information content (AvgIpc) is 3.38. The van der Waals surface area contributed by atoms with E-state index in [1.807, 2.05) is 16.8 Å². The Morgan fingerprint density at radius 3 is 2.78 bits per heavy atom. The summed E-state index contributed by atoms with van der Waals surface area (Å²) in [6.45, 7) is 7.59. The van der Waals surface area contributed by atoms with Gasteiger partial charge in [-0.3, -0.25) is 5.10 Å². The second-order valence-electron chi connectivity index (χ2n) is 6.95. The summed E-state index contributed by atoms with van der Waals surface area (Å²) in [5.74, 6) is 0.943. The van der Waals surface area contributed by atoms with Crippen LogP contribution in [0.3, 0.4) is 0 Å². The molecule has 1 atom stereocenters. The molecule has 0 aromatic carbocycles. The molecule has 1 N–H and O–H groups in total. The van der Waals surface area contributed by atoms with E-state index in [4.69, 9.17) is 14.6 Å². The zero-order chi connectivity index (χ0) is 18.2. The van der Waals surface area contributed by atoms with Crippen LogP contribution in [0.1, 0.15) is 6.92 Å². The molecule has 0 radical (unpaired) electrons. The standard InChI is InChI=1S/C18H23N7O2/c1-13-12-27-9-6-24(13)17-10-15(23-4-7-26-8-5-23)18-19-11-16(25(18)22-17)14-2-3-20-21-14/h2-3,10-11,13H,4-9,12H2,1H3,(H,20,21)/t13-/m1/s1. The summed E-state index contributed by atoms with van der Waals surface area (Å²) < 4.78 is 13.1. The van der Waals surface area contributed by atoms with Crippen molar-refractivity contribution >= 4 is 17.2 Å². The fourth-order valence-corrected chi connectivity index (χ4v) is 3.77. The minimum absolute atomic E-state index is 0.278. The van der Waals surface area contributed by atoms with E-state index in [2.05, 4.69) is 38.0 Å². The second kappa shape index (κ2) is 6.82. The lowest BCUT2D eigenvalue weighted by atomic mass is 10.2. The van der Waals surface area contributed by atoms with Gasteiger partial charge in [0, 0.05) is 31.9 Å². The Morgan fingerprint density at radius 2 is 2.00 bits per heavy atom. The molecule has 0 spiro atoms. The summed E-state index contributed by atoms with van der Waals surface area (Å²) >= 11 is 0. The molecule has 5 rings (SSSR count). The van der Waals surface area contributed by atoms with Crippen molar-refractivity contribution in [3.63, 3.8) is 0 Å². The van der Waals surface area contributed by atoms with Gasteiger partial charge in [-0.1, -0.05) is 0 Å². The maximum Gasteiger partial charge on any atom is 0.178 e. The molecule has 142 valence electrons. The first-order valence-corrected chi connectivity index (χ1v) is 9.37. The molecule has 0 aliphatic carbocycles. The van der Waals surface area contributed by atoms with Crippen molar-refractivity contribution in [1.29, 1.82) is 0 Å². The van der Waals surface area contributed by atoms with Crippen LogP contribution in [-0.2, 0) is 9.47 Å². The number of aromatic nitrogens is 5. The molecule has 27 heavy (non-hydrogen) atoms. The fourth-order valence-electron chi connectivity index (χ4n) is 3.77. The van der Waals surface area contributed by atoms with Crippen molar-refractivity contribution in [3.05, 3.63) is 24.5 Å². The normalized spacial score (nSPS) is 21.1. The van der Waals surface area contributed by atoms with Crippen molar-refractivity contribution < 1.29 is 9.47 Å². The number of fused-ring (bicyclic) bond motifs is 1. The van der Waals surface area contributed by atoms with E-state index in [0.29, 0.717) is 13.2 Å². The largest absolute Gasteiger partial charge is 0.378 e. The van der Waals surface area contributed by atoms with E-state index >= 15 is 0 Å². The first kappa shape index (κ1) is 16.5. The third-order valence-corrected chi connectivity index (χ3v) is 5.23. The Bertz CT molecular complexity index is 917. The molecular formula is C18H23N7O2. The van der Waals surface area contributed by atoms with Crippen molar-refractivity contribution in [2.75, 3.05) is 55.9 Å². The summed E-state index contributed by atoms with van der Waals surface area (Å²) in [6.07, 6.45) is 3.60. The minimum atomic E-state index is 0.278. The number of anilines is 2. The molecule has 0 amide bonds. The molecule has 0 bridgehead atoms. The van der Waals surface area contributed by atoms with Crippen molar-refractivity contribution in [1.82, 2.24) is 24.8 Å². The molecule has 9 heteroatoms. The lowest BCUT2D eigenvalue weighted by Gasteiger charge is -2.35. The average molecular weight is 369 g/mol. The van der Waals surface area contributed by atoms with Gasteiger partial charge in [0.1, 0.15) is 5.69 Å². The van der Waals surface area contributed by atoms with E-state index in [1.54, 1.807) is 6.20 Å². The Kier molecular flexibility index (Phi) is 4.17. The minimum Gasteiger partial charge on any atom is -0.378 e. The van der Waals surface area contributed by atoms with Crippen LogP contribution in [0.5, 0.6) is 0 Å². The third-order valence-electron chi connectivity index (χ3n) is 5.23. The monoisotopic (exact) mass is 369 g/mol. The van der Waals surface area contributed by atoms with E-state index in [9.17, 15) is 0 Å². The molecule has 2 saturated heterocycles. The molecule has 0 unspecified atom stereocenters. The number of rotatable bonds is 3. The van der Waals surface area contributed by atoms with Gasteiger partial charge in [0.05, 0.1) is 50.0 Å². The molecule has 5 heterocycles. The summed E-state index contributed by atoms with van der Waals surface area (Å²) in [6, 6.07) is 4.37. The Balaban J connectivity index is 1.67. The number of aromatic amines is 1. The van der Waals surface area contributed by atoms with Crippen LogP contribution in [0.2, 0.25) is 0 Å². The van der Waals surface area contributed by atoms with E-state index < -0.39 is 0 Å². The number of imidazole rings is 1. The lowest BCUT2D eigenvalue weighted by Crippen LogP contribution is -2.44. The van der Waals surface area contributed by atoms with Gasteiger partial charge >= 0.3 is 0 Å². The number of nitrogens with zero attached hydrogens (tertiary/aromatic N) is 6. The van der Waals surface area contributed by atoms with Crippen molar-refractivity contribution in [2.45, 2.75) is 13.0 Å². The Hall–Kier alpha value is -2.65. The van der Waals surface area contributed by atoms with Crippen LogP contribution in [0, 0.1) is 0 Å². The van der Waals surface area contributed by atoms with Crippen LogP contribution in [0.25, 0.3) is 17.0 Å². The number of H-pyrrole nitrogens is 1. The summed E-state index contributed by atoms with van der Waals surface area (Å²) in [7, 11) is 0. The first-order chi connectivity index (χ1) is 13.3. The number of nitrogens with one attached hydrogen (secondary N) is 1. The van der Waals surface area contributed by atoms with Gasteiger partial charge in [-0.15, -0.1) is 5.10 Å². The second-order valence-corrected chi connectivity index (χ2v) is 6.95. The van der Waals surface area contributed by atoms with Crippen LogP contribution in [-0.4, -0.2) is 76.9 Å². The molecule has 2 fully saturated rings. The summed E-state index contributed by atoms with van der Waals surface area (Å²) in [5.41, 5.74) is 3.74. The highest BCUT2D eigenvalue weighted by Crippen LogP contribution is 2.30. The van der Waals surface area contributed by atoms with Gasteiger partial charge in [0.2, 0.25) is 0 Å². The molecule has 2 aliphatic rings. The Labute approximate surface area is 156 Å². The van der Waals surface area contributed by atoms with E-state index in [-0.39, 0.29) is 6.04 Å². The highest BCUT2D eigenvalue weighted by Gasteiger charge is 2.25. The van der Waals surface area contributed by atoms with Gasteiger partial charge in [0.25, 0.3) is 0 Å². The molecular weight excluding hydrogens is 346 g/mol. The van der Waals surface area contributed by atoms with Crippen LogP contribution >= 0.6 is 0 Å². The van der Waals surface area contributed by atoms with Crippen LogP contribution < -0.4 is 9.80 Å². The SMILES string of the molecule is C[C@@H]1COCCN1c1cc(N2CCOCC2)c2ncc(-c3ccn[nH]3)n2n1. The highest BCUT2D eigenvalue weighted by molar-refractivity contribution is 5.75. The molecule has 9 nitrogen and oxygen atoms in total. The fraction of sp³-hybridized carbons (Fsp3) is 0.500. The van der Waals surface area contributed by atoms with E-state index in [1.165, 1.54) is 0 Å². The van der Waals surface area contributed by atoms with Gasteiger partial charge in [-0.2, -0.15) is 5.10 Å². The predicted molar refractivity (Wildman–Crippen MR) is 101 cm³/mol. The molecule has 3 aromatic heterocycles. The third kappa shape index (κ3) is 2.92. The maximum absolute atomic E-state index is 5.61. The predicted octanol–water partition coefficient (Wildman–Crippen LogP) is 1.18. The number of morpholine rings is 2. The topological polar surface area (TPSA) is 83.8 Å². The van der Waals surface area contributed by atoms with Crippen molar-refractivity contribution in [3.8, 4) is 11.4 Å². The maximum atomic E-state index is 5.61. The number of hydrogen-bond donors (Lipinski definition) is 1. The summed E-state index contributed by atoms with van der Waals surface area (Å²) in [5, 5.41) is 12.0. The van der Waals surface area contributed by atoms with Crippen LogP contribution in [0.15, 0.2) is 24.5 Å². The van der Waals surface area contributed by atoms with Gasteiger partial charge < -0.3 is 19.3 Å².